The van der Waals surface area contributed by atoms with Gasteiger partial charge in [-0.05, 0) is 6.04 Å². The van der Waals surface area contributed by atoms with Crippen LogP contribution < -0.4 is 0 Å². The van der Waals surface area contributed by atoms with Crippen molar-refractivity contribution in [1.29, 1.82) is 0 Å². The van der Waals surface area contributed by atoms with Crippen molar-refractivity contribution < 1.29 is 8.85 Å². The summed E-state index contributed by atoms with van der Waals surface area (Å²) in [5, 5.41) is 0. The van der Waals surface area contributed by atoms with Crippen molar-refractivity contribution in [2.24, 2.45) is 0 Å². The lowest BCUT2D eigenvalue weighted by molar-refractivity contribution is 0.265. The molecule has 0 heterocycles. The van der Waals surface area contributed by atoms with Crippen molar-refractivity contribution in [1.82, 2.24) is 0 Å². The Kier molecular flexibility index (Phi) is 4.38. The summed E-state index contributed by atoms with van der Waals surface area (Å²) < 4.78 is 10.3. The molecule has 4 heteroatoms. The summed E-state index contributed by atoms with van der Waals surface area (Å²) in [4.78, 5) is 0. The number of rotatable bonds is 4. The zero-order valence-electron chi connectivity index (χ0n) is 6.23. The van der Waals surface area contributed by atoms with E-state index in [-0.39, 0.29) is 0 Å². The van der Waals surface area contributed by atoms with Crippen LogP contribution in [0.3, 0.4) is 0 Å². The molecular formula is C5H13O2Si2. The third kappa shape index (κ3) is 3.15. The first-order valence-corrected chi connectivity index (χ1v) is 6.56. The van der Waals surface area contributed by atoms with Crippen molar-refractivity contribution in [3.8, 4) is 0 Å². The van der Waals surface area contributed by atoms with Gasteiger partial charge in [0.25, 0.3) is 0 Å². The van der Waals surface area contributed by atoms with Crippen LogP contribution >= 0.6 is 0 Å². The highest BCUT2D eigenvalue weighted by Crippen LogP contribution is 2.08. The summed E-state index contributed by atoms with van der Waals surface area (Å²) in [6.07, 6.45) is 1.09. The summed E-state index contributed by atoms with van der Waals surface area (Å²) in [6.45, 7) is 2.11. The second kappa shape index (κ2) is 4.21. The zero-order chi connectivity index (χ0) is 7.33. The SMILES string of the molecule is CCC[Si]([Si])(OC)OC. The summed E-state index contributed by atoms with van der Waals surface area (Å²) in [7, 11) is 4.95. The first-order valence-electron chi connectivity index (χ1n) is 3.04. The van der Waals surface area contributed by atoms with Crippen LogP contribution in [0.4, 0.5) is 0 Å². The van der Waals surface area contributed by atoms with Gasteiger partial charge in [0, 0.05) is 14.2 Å². The van der Waals surface area contributed by atoms with Gasteiger partial charge < -0.3 is 8.85 Å². The van der Waals surface area contributed by atoms with E-state index in [0.717, 1.165) is 12.5 Å². The maximum absolute atomic E-state index is 5.16. The van der Waals surface area contributed by atoms with Crippen LogP contribution in [0, 0.1) is 0 Å². The maximum Gasteiger partial charge on any atom is 0.306 e. The number of hydrogen-bond donors (Lipinski definition) is 0. The largest absolute Gasteiger partial charge is 0.400 e. The Morgan fingerprint density at radius 3 is 1.89 bits per heavy atom. The van der Waals surface area contributed by atoms with Crippen LogP contribution in [0.1, 0.15) is 13.3 Å². The van der Waals surface area contributed by atoms with Gasteiger partial charge in [-0.2, -0.15) is 0 Å². The third-order valence-corrected chi connectivity index (χ3v) is 5.69. The van der Waals surface area contributed by atoms with E-state index < -0.39 is 8.08 Å². The molecule has 0 aromatic heterocycles. The fourth-order valence-electron chi connectivity index (χ4n) is 0.617. The monoisotopic (exact) mass is 161 g/mol. The highest BCUT2D eigenvalue weighted by Gasteiger charge is 2.26. The highest BCUT2D eigenvalue weighted by molar-refractivity contribution is 7.09. The lowest BCUT2D eigenvalue weighted by Crippen LogP contribution is -2.40. The lowest BCUT2D eigenvalue weighted by atomic mass is 10.6. The molecule has 0 aliphatic carbocycles. The molecule has 0 amide bonds. The molecular weight excluding hydrogens is 148 g/mol. The molecule has 0 saturated carbocycles. The summed E-state index contributed by atoms with van der Waals surface area (Å²) in [5.41, 5.74) is 0. The van der Waals surface area contributed by atoms with E-state index >= 15 is 0 Å². The van der Waals surface area contributed by atoms with Gasteiger partial charge in [0.15, 0.2) is 0 Å². The minimum Gasteiger partial charge on any atom is -0.400 e. The van der Waals surface area contributed by atoms with Crippen molar-refractivity contribution in [2.75, 3.05) is 14.2 Å². The summed E-state index contributed by atoms with van der Waals surface area (Å²) in [5.74, 6) is 0. The van der Waals surface area contributed by atoms with Crippen molar-refractivity contribution >= 4 is 17.8 Å². The average Bonchev–Trinajstić information content (AvgIpc) is 1.89. The normalized spacial score (nSPS) is 12.0. The standard InChI is InChI=1S/C5H13O2Si2/c1-4-5-9(8,6-2)7-3/h4-5H2,1-3H3. The van der Waals surface area contributed by atoms with Gasteiger partial charge >= 0.3 is 8.08 Å². The fraction of sp³-hybridized carbons (Fsp3) is 1.00. The van der Waals surface area contributed by atoms with Crippen molar-refractivity contribution in [3.05, 3.63) is 0 Å². The molecule has 0 rings (SSSR count). The maximum atomic E-state index is 5.16. The molecule has 0 aliphatic heterocycles. The van der Waals surface area contributed by atoms with E-state index in [0.29, 0.717) is 0 Å². The average molecular weight is 161 g/mol. The molecule has 0 fully saturated rings. The minimum absolute atomic E-state index is 0.997. The van der Waals surface area contributed by atoms with E-state index in [1.54, 1.807) is 14.2 Å². The van der Waals surface area contributed by atoms with Gasteiger partial charge in [-0.1, -0.05) is 13.3 Å². The van der Waals surface area contributed by atoms with Gasteiger partial charge in [0.05, 0.1) is 9.76 Å². The lowest BCUT2D eigenvalue weighted by Gasteiger charge is -2.21. The topological polar surface area (TPSA) is 18.5 Å². The molecule has 0 aromatic carbocycles. The molecule has 0 saturated heterocycles. The Bertz CT molecular complexity index is 73.4. The molecule has 0 spiro atoms. The van der Waals surface area contributed by atoms with Gasteiger partial charge in [-0.25, -0.2) is 0 Å². The highest BCUT2D eigenvalue weighted by atomic mass is 29.2. The molecule has 0 atom stereocenters. The molecule has 0 aliphatic rings. The molecule has 9 heavy (non-hydrogen) atoms. The Morgan fingerprint density at radius 1 is 1.33 bits per heavy atom. The molecule has 53 valence electrons. The van der Waals surface area contributed by atoms with Crippen molar-refractivity contribution in [2.45, 2.75) is 19.4 Å². The number of hydrogen-bond acceptors (Lipinski definition) is 2. The van der Waals surface area contributed by atoms with Crippen LogP contribution in [0.25, 0.3) is 0 Å². The minimum atomic E-state index is -1.89. The van der Waals surface area contributed by atoms with Crippen LogP contribution in [0.15, 0.2) is 0 Å². The van der Waals surface area contributed by atoms with E-state index in [2.05, 4.69) is 16.7 Å². The predicted octanol–water partition coefficient (Wildman–Crippen LogP) is 0.797. The summed E-state index contributed by atoms with van der Waals surface area (Å²) >= 11 is 0. The van der Waals surface area contributed by atoms with Gasteiger partial charge in [-0.3, -0.25) is 0 Å². The third-order valence-electron chi connectivity index (χ3n) is 1.24. The smallest absolute Gasteiger partial charge is 0.306 e. The van der Waals surface area contributed by atoms with Crippen LogP contribution in [-0.2, 0) is 8.85 Å². The van der Waals surface area contributed by atoms with Crippen LogP contribution in [0.2, 0.25) is 6.04 Å². The second-order valence-electron chi connectivity index (χ2n) is 1.91. The summed E-state index contributed by atoms with van der Waals surface area (Å²) in [6, 6.07) is 0.997. The van der Waals surface area contributed by atoms with Gasteiger partial charge in [-0.15, -0.1) is 0 Å². The predicted molar refractivity (Wildman–Crippen MR) is 40.6 cm³/mol. The molecule has 0 bridgehead atoms. The van der Waals surface area contributed by atoms with Gasteiger partial charge in [0.2, 0.25) is 0 Å². The molecule has 0 unspecified atom stereocenters. The molecule has 0 N–H and O–H groups in total. The Hall–Kier alpha value is 0.354. The quantitative estimate of drug-likeness (QED) is 0.568. The Balaban J connectivity index is 3.62. The van der Waals surface area contributed by atoms with E-state index in [1.165, 1.54) is 0 Å². The van der Waals surface area contributed by atoms with E-state index in [4.69, 9.17) is 8.85 Å². The molecule has 2 nitrogen and oxygen atoms in total. The van der Waals surface area contributed by atoms with Crippen LogP contribution in [0.5, 0.6) is 0 Å². The first-order chi connectivity index (χ1) is 4.18. The second-order valence-corrected chi connectivity index (χ2v) is 7.02. The zero-order valence-corrected chi connectivity index (χ0v) is 8.23. The van der Waals surface area contributed by atoms with E-state index in [9.17, 15) is 0 Å². The Morgan fingerprint density at radius 2 is 1.78 bits per heavy atom. The Labute approximate surface area is 61.0 Å². The van der Waals surface area contributed by atoms with Crippen molar-refractivity contribution in [3.63, 3.8) is 0 Å². The molecule has 3 radical (unpaired) electrons. The van der Waals surface area contributed by atoms with E-state index in [1.807, 2.05) is 0 Å². The first kappa shape index (κ1) is 9.35. The van der Waals surface area contributed by atoms with Crippen LogP contribution in [-0.4, -0.2) is 32.1 Å². The van der Waals surface area contributed by atoms with Gasteiger partial charge in [0.1, 0.15) is 0 Å². The molecule has 0 aromatic rings. The fourth-order valence-corrected chi connectivity index (χ4v) is 2.60.